The van der Waals surface area contributed by atoms with E-state index in [9.17, 15) is 9.18 Å². The van der Waals surface area contributed by atoms with Crippen molar-refractivity contribution in [1.29, 1.82) is 0 Å². The van der Waals surface area contributed by atoms with Crippen molar-refractivity contribution < 1.29 is 18.7 Å². The average Bonchev–Trinajstić information content (AvgIpc) is 3.05. The smallest absolute Gasteiger partial charge is 0.254 e. The molecule has 3 heterocycles. The second-order valence-electron chi connectivity index (χ2n) is 5.99. The minimum absolute atomic E-state index is 0.0118. The van der Waals surface area contributed by atoms with Crippen LogP contribution < -0.4 is 4.74 Å². The van der Waals surface area contributed by atoms with Crippen molar-refractivity contribution in [2.75, 3.05) is 26.3 Å². The van der Waals surface area contributed by atoms with Gasteiger partial charge in [-0.05, 0) is 19.3 Å². The van der Waals surface area contributed by atoms with Crippen LogP contribution >= 0.6 is 0 Å². The number of carbonyl (C=O) groups excluding carboxylic acids is 1. The maximum absolute atomic E-state index is 14.1. The monoisotopic (exact) mass is 323 g/mol. The van der Waals surface area contributed by atoms with E-state index in [0.29, 0.717) is 44.8 Å². The van der Waals surface area contributed by atoms with Gasteiger partial charge in [-0.2, -0.15) is 9.37 Å². The van der Waals surface area contributed by atoms with Gasteiger partial charge in [0.1, 0.15) is 12.4 Å². The van der Waals surface area contributed by atoms with Gasteiger partial charge in [0.15, 0.2) is 0 Å². The van der Waals surface area contributed by atoms with Crippen LogP contribution in [0.25, 0.3) is 0 Å². The molecule has 2 aliphatic rings. The van der Waals surface area contributed by atoms with E-state index in [0.717, 1.165) is 12.8 Å². The highest BCUT2D eigenvalue weighted by Crippen LogP contribution is 2.24. The second-order valence-corrected chi connectivity index (χ2v) is 5.99. The number of rotatable bonds is 4. The molecule has 1 aromatic rings. The Bertz CT molecular complexity index is 564. The van der Waals surface area contributed by atoms with Crippen LogP contribution in [0, 0.1) is 11.7 Å². The third-order valence-electron chi connectivity index (χ3n) is 4.47. The van der Waals surface area contributed by atoms with Crippen molar-refractivity contribution in [1.82, 2.24) is 14.9 Å². The molecule has 23 heavy (non-hydrogen) atoms. The van der Waals surface area contributed by atoms with E-state index in [1.54, 1.807) is 0 Å². The van der Waals surface area contributed by atoms with Gasteiger partial charge in [0.2, 0.25) is 11.7 Å². The maximum atomic E-state index is 14.1. The van der Waals surface area contributed by atoms with Gasteiger partial charge in [0.05, 0.1) is 12.2 Å². The average molecular weight is 323 g/mol. The number of likely N-dealkylation sites (tertiary alicyclic amines) is 1. The molecule has 3 rings (SSSR count). The first-order chi connectivity index (χ1) is 11.2. The van der Waals surface area contributed by atoms with E-state index in [1.165, 1.54) is 6.33 Å². The third kappa shape index (κ3) is 3.60. The Kier molecular flexibility index (Phi) is 5.05. The standard InChI is InChI=1S/C16H22FN3O3/c1-2-13-14(17)15(19-10-18-13)23-12-3-6-20(9-12)16(21)11-4-7-22-8-5-11/h10-12H,2-9H2,1H3/t12-/m1/s1. The molecule has 0 aliphatic carbocycles. The zero-order valence-corrected chi connectivity index (χ0v) is 13.3. The Hall–Kier alpha value is -1.76. The van der Waals surface area contributed by atoms with Gasteiger partial charge in [0.25, 0.3) is 5.88 Å². The molecule has 0 saturated carbocycles. The summed E-state index contributed by atoms with van der Waals surface area (Å²) in [5, 5.41) is 0. The maximum Gasteiger partial charge on any atom is 0.254 e. The second kappa shape index (κ2) is 7.21. The first-order valence-corrected chi connectivity index (χ1v) is 8.21. The molecular formula is C16H22FN3O3. The van der Waals surface area contributed by atoms with Crippen molar-refractivity contribution in [2.24, 2.45) is 5.92 Å². The van der Waals surface area contributed by atoms with Crippen LogP contribution in [-0.2, 0) is 16.0 Å². The van der Waals surface area contributed by atoms with Gasteiger partial charge in [-0.1, -0.05) is 6.92 Å². The number of aryl methyl sites for hydroxylation is 1. The summed E-state index contributed by atoms with van der Waals surface area (Å²) in [5.74, 6) is -0.298. The molecule has 2 aliphatic heterocycles. The quantitative estimate of drug-likeness (QED) is 0.842. The number of nitrogens with zero attached hydrogens (tertiary/aromatic N) is 3. The molecule has 126 valence electrons. The Labute approximate surface area is 135 Å². The number of hydrogen-bond donors (Lipinski definition) is 0. The summed E-state index contributed by atoms with van der Waals surface area (Å²) in [4.78, 5) is 22.1. The summed E-state index contributed by atoms with van der Waals surface area (Å²) in [7, 11) is 0. The lowest BCUT2D eigenvalue weighted by molar-refractivity contribution is -0.137. The fourth-order valence-electron chi connectivity index (χ4n) is 3.10. The van der Waals surface area contributed by atoms with Crippen molar-refractivity contribution in [3.63, 3.8) is 0 Å². The molecule has 1 aromatic heterocycles. The molecule has 0 spiro atoms. The van der Waals surface area contributed by atoms with Gasteiger partial charge in [-0.25, -0.2) is 4.98 Å². The predicted octanol–water partition coefficient (Wildman–Crippen LogP) is 1.58. The first kappa shape index (κ1) is 16.1. The molecule has 2 fully saturated rings. The largest absolute Gasteiger partial charge is 0.470 e. The molecule has 1 amide bonds. The lowest BCUT2D eigenvalue weighted by Gasteiger charge is -2.26. The van der Waals surface area contributed by atoms with Crippen molar-refractivity contribution >= 4 is 5.91 Å². The summed E-state index contributed by atoms with van der Waals surface area (Å²) >= 11 is 0. The SMILES string of the molecule is CCc1ncnc(O[C@@H]2CCN(C(=O)C3CCOCC3)C2)c1F. The molecule has 0 aromatic carbocycles. The topological polar surface area (TPSA) is 64.6 Å². The molecular weight excluding hydrogens is 301 g/mol. The highest BCUT2D eigenvalue weighted by Gasteiger charge is 2.33. The summed E-state index contributed by atoms with van der Waals surface area (Å²) in [6, 6.07) is 0. The van der Waals surface area contributed by atoms with Gasteiger partial charge in [0, 0.05) is 32.1 Å². The molecule has 2 saturated heterocycles. The summed E-state index contributed by atoms with van der Waals surface area (Å²) < 4.78 is 25.1. The fraction of sp³-hybridized carbons (Fsp3) is 0.688. The molecule has 0 bridgehead atoms. The highest BCUT2D eigenvalue weighted by molar-refractivity contribution is 5.79. The third-order valence-corrected chi connectivity index (χ3v) is 4.47. The van der Waals surface area contributed by atoms with Crippen LogP contribution in [0.5, 0.6) is 5.88 Å². The Morgan fingerprint density at radius 2 is 2.17 bits per heavy atom. The van der Waals surface area contributed by atoms with Crippen LogP contribution in [0.15, 0.2) is 6.33 Å². The number of ether oxygens (including phenoxy) is 2. The minimum atomic E-state index is -0.496. The summed E-state index contributed by atoms with van der Waals surface area (Å²) in [6.07, 6.45) is 3.84. The lowest BCUT2D eigenvalue weighted by Crippen LogP contribution is -2.38. The van der Waals surface area contributed by atoms with E-state index in [4.69, 9.17) is 9.47 Å². The molecule has 0 N–H and O–H groups in total. The predicted molar refractivity (Wildman–Crippen MR) is 80.5 cm³/mol. The molecule has 0 radical (unpaired) electrons. The number of carbonyl (C=O) groups is 1. The Morgan fingerprint density at radius 1 is 1.39 bits per heavy atom. The number of hydrogen-bond acceptors (Lipinski definition) is 5. The van der Waals surface area contributed by atoms with Crippen molar-refractivity contribution in [2.45, 2.75) is 38.7 Å². The van der Waals surface area contributed by atoms with E-state index in [1.807, 2.05) is 11.8 Å². The van der Waals surface area contributed by atoms with Gasteiger partial charge >= 0.3 is 0 Å². The molecule has 6 nitrogen and oxygen atoms in total. The van der Waals surface area contributed by atoms with E-state index in [-0.39, 0.29) is 23.8 Å². The molecule has 7 heteroatoms. The van der Waals surface area contributed by atoms with Gasteiger partial charge in [-0.3, -0.25) is 4.79 Å². The van der Waals surface area contributed by atoms with Crippen molar-refractivity contribution in [3.8, 4) is 5.88 Å². The van der Waals surface area contributed by atoms with Crippen LogP contribution in [0.1, 0.15) is 31.9 Å². The normalized spacial score (nSPS) is 22.3. The number of aromatic nitrogens is 2. The number of halogens is 1. The Balaban J connectivity index is 1.58. The minimum Gasteiger partial charge on any atom is -0.470 e. The van der Waals surface area contributed by atoms with Crippen LogP contribution in [0.4, 0.5) is 4.39 Å². The van der Waals surface area contributed by atoms with Crippen LogP contribution in [0.2, 0.25) is 0 Å². The summed E-state index contributed by atoms with van der Waals surface area (Å²) in [5.41, 5.74) is 0.350. The highest BCUT2D eigenvalue weighted by atomic mass is 19.1. The zero-order chi connectivity index (χ0) is 16.2. The van der Waals surface area contributed by atoms with Gasteiger partial charge < -0.3 is 14.4 Å². The van der Waals surface area contributed by atoms with Crippen molar-refractivity contribution in [3.05, 3.63) is 17.8 Å². The zero-order valence-electron chi connectivity index (χ0n) is 13.3. The van der Waals surface area contributed by atoms with E-state index >= 15 is 0 Å². The van der Waals surface area contributed by atoms with E-state index < -0.39 is 5.82 Å². The van der Waals surface area contributed by atoms with Gasteiger partial charge in [-0.15, -0.1) is 0 Å². The Morgan fingerprint density at radius 3 is 2.91 bits per heavy atom. The fourth-order valence-corrected chi connectivity index (χ4v) is 3.10. The number of amides is 1. The first-order valence-electron chi connectivity index (χ1n) is 8.21. The van der Waals surface area contributed by atoms with E-state index in [2.05, 4.69) is 9.97 Å². The molecule has 1 atom stereocenters. The molecule has 0 unspecified atom stereocenters. The summed E-state index contributed by atoms with van der Waals surface area (Å²) in [6.45, 7) is 4.26. The van der Waals surface area contributed by atoms with Crippen LogP contribution in [0.3, 0.4) is 0 Å². The lowest BCUT2D eigenvalue weighted by atomic mass is 9.99. The van der Waals surface area contributed by atoms with Crippen LogP contribution in [-0.4, -0.2) is 53.2 Å².